The molecule has 3 aliphatic carbocycles. The van der Waals surface area contributed by atoms with Gasteiger partial charge in [0.25, 0.3) is 0 Å². The summed E-state index contributed by atoms with van der Waals surface area (Å²) in [5, 5.41) is 9.26. The standard InChI is InChI=1S/C8H12O/c9-7-3-6-4-1-2-5(4)8(6)7/h4-9H,1-3H2. The zero-order chi connectivity index (χ0) is 6.01. The van der Waals surface area contributed by atoms with Crippen LogP contribution in [-0.2, 0) is 0 Å². The van der Waals surface area contributed by atoms with Gasteiger partial charge in [0.15, 0.2) is 0 Å². The van der Waals surface area contributed by atoms with Crippen molar-refractivity contribution in [2.45, 2.75) is 25.4 Å². The molecule has 5 unspecified atom stereocenters. The van der Waals surface area contributed by atoms with Gasteiger partial charge in [0.2, 0.25) is 0 Å². The molecule has 0 bridgehead atoms. The summed E-state index contributed by atoms with van der Waals surface area (Å²) in [5.74, 6) is 3.78. The van der Waals surface area contributed by atoms with E-state index < -0.39 is 0 Å². The lowest BCUT2D eigenvalue weighted by atomic mass is 9.38. The Labute approximate surface area is 55.1 Å². The smallest absolute Gasteiger partial charge is 0.0576 e. The Hall–Kier alpha value is -0.0400. The van der Waals surface area contributed by atoms with Gasteiger partial charge in [0.05, 0.1) is 6.10 Å². The maximum absolute atomic E-state index is 9.26. The van der Waals surface area contributed by atoms with Crippen LogP contribution in [-0.4, -0.2) is 11.2 Å². The molecule has 50 valence electrons. The second-order valence-electron chi connectivity index (χ2n) is 3.95. The Morgan fingerprint density at radius 2 is 1.78 bits per heavy atom. The van der Waals surface area contributed by atoms with Crippen molar-refractivity contribution in [1.82, 2.24) is 0 Å². The topological polar surface area (TPSA) is 20.2 Å². The summed E-state index contributed by atoms with van der Waals surface area (Å²) in [4.78, 5) is 0. The van der Waals surface area contributed by atoms with Crippen LogP contribution in [0.2, 0.25) is 0 Å². The van der Waals surface area contributed by atoms with E-state index in [4.69, 9.17) is 0 Å². The van der Waals surface area contributed by atoms with Gasteiger partial charge in [-0.2, -0.15) is 0 Å². The van der Waals surface area contributed by atoms with Crippen molar-refractivity contribution >= 4 is 0 Å². The fourth-order valence-electron chi connectivity index (χ4n) is 3.16. The summed E-state index contributed by atoms with van der Waals surface area (Å²) in [5.41, 5.74) is 0. The fourth-order valence-corrected chi connectivity index (χ4v) is 3.16. The first-order valence-electron chi connectivity index (χ1n) is 4.06. The molecule has 0 aromatic carbocycles. The molecule has 0 aromatic heterocycles. The molecule has 0 radical (unpaired) electrons. The van der Waals surface area contributed by atoms with Crippen LogP contribution in [0.3, 0.4) is 0 Å². The predicted molar refractivity (Wildman–Crippen MR) is 33.8 cm³/mol. The lowest BCUT2D eigenvalue weighted by Crippen LogP contribution is -2.65. The summed E-state index contributed by atoms with van der Waals surface area (Å²) in [6, 6.07) is 0. The van der Waals surface area contributed by atoms with E-state index in [1.807, 2.05) is 0 Å². The minimum absolute atomic E-state index is 0.108. The highest BCUT2D eigenvalue weighted by atomic mass is 16.3. The lowest BCUT2D eigenvalue weighted by Gasteiger charge is -2.67. The predicted octanol–water partition coefficient (Wildman–Crippen LogP) is 1.02. The molecule has 0 heterocycles. The second-order valence-corrected chi connectivity index (χ2v) is 3.95. The van der Waals surface area contributed by atoms with Gasteiger partial charge in [-0.3, -0.25) is 0 Å². The first-order valence-corrected chi connectivity index (χ1v) is 4.06. The number of hydrogen-bond donors (Lipinski definition) is 1. The van der Waals surface area contributed by atoms with Crippen molar-refractivity contribution in [3.8, 4) is 0 Å². The van der Waals surface area contributed by atoms with Crippen molar-refractivity contribution < 1.29 is 5.11 Å². The van der Waals surface area contributed by atoms with Crippen LogP contribution in [0.1, 0.15) is 19.3 Å². The van der Waals surface area contributed by atoms with Crippen molar-refractivity contribution in [2.75, 3.05) is 0 Å². The monoisotopic (exact) mass is 124 g/mol. The van der Waals surface area contributed by atoms with E-state index >= 15 is 0 Å². The van der Waals surface area contributed by atoms with Crippen molar-refractivity contribution in [1.29, 1.82) is 0 Å². The second kappa shape index (κ2) is 1.20. The molecular weight excluding hydrogens is 112 g/mol. The Bertz CT molecular complexity index is 149. The SMILES string of the molecule is OC1CC2C3CCC3C12. The molecule has 1 N–H and O–H groups in total. The molecule has 3 aliphatic rings. The molecule has 0 spiro atoms. The number of aliphatic hydroxyl groups excluding tert-OH is 1. The van der Waals surface area contributed by atoms with E-state index in [1.165, 1.54) is 12.8 Å². The van der Waals surface area contributed by atoms with Gasteiger partial charge in [-0.15, -0.1) is 0 Å². The number of rotatable bonds is 0. The average molecular weight is 124 g/mol. The van der Waals surface area contributed by atoms with Crippen LogP contribution in [0.4, 0.5) is 0 Å². The van der Waals surface area contributed by atoms with Crippen molar-refractivity contribution in [3.05, 3.63) is 0 Å². The Morgan fingerprint density at radius 3 is 2.11 bits per heavy atom. The van der Waals surface area contributed by atoms with Gasteiger partial charge < -0.3 is 5.11 Å². The van der Waals surface area contributed by atoms with Gasteiger partial charge in [-0.25, -0.2) is 0 Å². The van der Waals surface area contributed by atoms with Crippen molar-refractivity contribution in [3.63, 3.8) is 0 Å². The molecular formula is C8H12O. The van der Waals surface area contributed by atoms with Gasteiger partial charge >= 0.3 is 0 Å². The van der Waals surface area contributed by atoms with Crippen LogP contribution in [0.15, 0.2) is 0 Å². The number of fused-ring (bicyclic) bond motifs is 4. The van der Waals surface area contributed by atoms with Crippen LogP contribution in [0.25, 0.3) is 0 Å². The molecule has 0 amide bonds. The number of aliphatic hydroxyl groups is 1. The maximum atomic E-state index is 9.26. The van der Waals surface area contributed by atoms with E-state index in [1.54, 1.807) is 0 Å². The zero-order valence-electron chi connectivity index (χ0n) is 5.46. The molecule has 1 heteroatoms. The molecule has 3 saturated carbocycles. The van der Waals surface area contributed by atoms with Gasteiger partial charge in [0.1, 0.15) is 0 Å². The molecule has 0 aromatic rings. The summed E-state index contributed by atoms with van der Waals surface area (Å²) in [6.07, 6.45) is 4.13. The lowest BCUT2D eigenvalue weighted by molar-refractivity contribution is -0.232. The summed E-state index contributed by atoms with van der Waals surface area (Å²) in [7, 11) is 0. The molecule has 0 saturated heterocycles. The number of hydrogen-bond acceptors (Lipinski definition) is 1. The molecule has 1 nitrogen and oxygen atoms in total. The van der Waals surface area contributed by atoms with Crippen LogP contribution < -0.4 is 0 Å². The maximum Gasteiger partial charge on any atom is 0.0576 e. The first kappa shape index (κ1) is 4.73. The third-order valence-electron chi connectivity index (χ3n) is 3.88. The summed E-state index contributed by atoms with van der Waals surface area (Å²) < 4.78 is 0. The quantitative estimate of drug-likeness (QED) is 0.511. The highest BCUT2D eigenvalue weighted by Crippen LogP contribution is 2.66. The zero-order valence-corrected chi connectivity index (χ0v) is 5.46. The third kappa shape index (κ3) is 0.337. The average Bonchev–Trinajstić information content (AvgIpc) is 1.79. The minimum Gasteiger partial charge on any atom is -0.393 e. The molecule has 9 heavy (non-hydrogen) atoms. The first-order chi connectivity index (χ1) is 4.38. The largest absolute Gasteiger partial charge is 0.393 e. The van der Waals surface area contributed by atoms with E-state index in [-0.39, 0.29) is 6.10 Å². The Kier molecular flexibility index (Phi) is 0.628. The third-order valence-corrected chi connectivity index (χ3v) is 3.88. The molecule has 5 atom stereocenters. The van der Waals surface area contributed by atoms with Crippen LogP contribution in [0, 0.1) is 23.7 Å². The summed E-state index contributed by atoms with van der Waals surface area (Å²) in [6.45, 7) is 0. The van der Waals surface area contributed by atoms with E-state index in [0.717, 1.165) is 30.1 Å². The Morgan fingerprint density at radius 1 is 1.00 bits per heavy atom. The molecule has 3 fully saturated rings. The molecule has 0 aliphatic heterocycles. The van der Waals surface area contributed by atoms with Gasteiger partial charge in [0, 0.05) is 0 Å². The van der Waals surface area contributed by atoms with Crippen LogP contribution in [0.5, 0.6) is 0 Å². The van der Waals surface area contributed by atoms with E-state index in [2.05, 4.69) is 0 Å². The Balaban J connectivity index is 1.82. The van der Waals surface area contributed by atoms with Gasteiger partial charge in [-0.1, -0.05) is 0 Å². The summed E-state index contributed by atoms with van der Waals surface area (Å²) >= 11 is 0. The van der Waals surface area contributed by atoms with E-state index in [9.17, 15) is 5.11 Å². The van der Waals surface area contributed by atoms with Crippen molar-refractivity contribution in [2.24, 2.45) is 23.7 Å². The van der Waals surface area contributed by atoms with E-state index in [0.29, 0.717) is 0 Å². The highest BCUT2D eigenvalue weighted by molar-refractivity contribution is 5.12. The van der Waals surface area contributed by atoms with Gasteiger partial charge in [-0.05, 0) is 42.9 Å². The molecule has 3 rings (SSSR count). The highest BCUT2D eigenvalue weighted by Gasteiger charge is 2.63. The minimum atomic E-state index is 0.108. The van der Waals surface area contributed by atoms with Crippen LogP contribution >= 0.6 is 0 Å². The fraction of sp³-hybridized carbons (Fsp3) is 1.00. The normalized spacial score (nSPS) is 68.3.